The number of pyridine rings is 1. The number of nitrogens with zero attached hydrogens (tertiary/aromatic N) is 1. The van der Waals surface area contributed by atoms with E-state index in [1.165, 1.54) is 5.56 Å². The standard InChI is InChI=1S/C15H16N2O/c1-11(2)12-5-3-7-14(9-12)17-15(18)13-6-4-8-16-10-13/h3-11H,1-2H3,(H,17,18). The number of anilines is 1. The van der Waals surface area contributed by atoms with Crippen LogP contribution in [0.5, 0.6) is 0 Å². The number of benzene rings is 1. The number of hydrogen-bond acceptors (Lipinski definition) is 2. The van der Waals surface area contributed by atoms with E-state index in [1.807, 2.05) is 18.2 Å². The summed E-state index contributed by atoms with van der Waals surface area (Å²) < 4.78 is 0. The maximum absolute atomic E-state index is 11.9. The summed E-state index contributed by atoms with van der Waals surface area (Å²) in [5, 5.41) is 2.87. The highest BCUT2D eigenvalue weighted by atomic mass is 16.1. The molecule has 92 valence electrons. The van der Waals surface area contributed by atoms with Crippen LogP contribution in [0.15, 0.2) is 48.8 Å². The van der Waals surface area contributed by atoms with Gasteiger partial charge in [0.2, 0.25) is 0 Å². The normalized spacial score (nSPS) is 10.4. The number of aromatic nitrogens is 1. The van der Waals surface area contributed by atoms with Crippen molar-refractivity contribution in [1.82, 2.24) is 4.98 Å². The number of hydrogen-bond donors (Lipinski definition) is 1. The Morgan fingerprint density at radius 2 is 2.06 bits per heavy atom. The summed E-state index contributed by atoms with van der Waals surface area (Å²) in [5.41, 5.74) is 2.58. The molecule has 1 aromatic heterocycles. The van der Waals surface area contributed by atoms with Crippen molar-refractivity contribution in [3.63, 3.8) is 0 Å². The van der Waals surface area contributed by atoms with E-state index in [9.17, 15) is 4.79 Å². The highest BCUT2D eigenvalue weighted by Gasteiger charge is 2.06. The minimum Gasteiger partial charge on any atom is -0.322 e. The number of amides is 1. The van der Waals surface area contributed by atoms with E-state index in [4.69, 9.17) is 0 Å². The van der Waals surface area contributed by atoms with Gasteiger partial charge in [-0.15, -0.1) is 0 Å². The molecule has 0 spiro atoms. The van der Waals surface area contributed by atoms with Gasteiger partial charge in [-0.3, -0.25) is 9.78 Å². The van der Waals surface area contributed by atoms with Crippen molar-refractivity contribution < 1.29 is 4.79 Å². The van der Waals surface area contributed by atoms with Gasteiger partial charge >= 0.3 is 0 Å². The van der Waals surface area contributed by atoms with Crippen LogP contribution in [0.2, 0.25) is 0 Å². The van der Waals surface area contributed by atoms with Crippen molar-refractivity contribution in [2.45, 2.75) is 19.8 Å². The fourth-order valence-corrected chi connectivity index (χ4v) is 1.68. The van der Waals surface area contributed by atoms with Crippen LogP contribution in [0.25, 0.3) is 0 Å². The smallest absolute Gasteiger partial charge is 0.257 e. The lowest BCUT2D eigenvalue weighted by Crippen LogP contribution is -2.12. The van der Waals surface area contributed by atoms with Crippen molar-refractivity contribution in [2.24, 2.45) is 0 Å². The van der Waals surface area contributed by atoms with Crippen LogP contribution in [-0.4, -0.2) is 10.9 Å². The SMILES string of the molecule is CC(C)c1cccc(NC(=O)c2cccnc2)c1. The first-order valence-corrected chi connectivity index (χ1v) is 5.98. The molecule has 3 heteroatoms. The molecule has 2 aromatic rings. The highest BCUT2D eigenvalue weighted by molar-refractivity contribution is 6.04. The van der Waals surface area contributed by atoms with Gasteiger partial charge in [-0.1, -0.05) is 26.0 Å². The predicted molar refractivity (Wildman–Crippen MR) is 72.7 cm³/mol. The van der Waals surface area contributed by atoms with Crippen LogP contribution in [0.3, 0.4) is 0 Å². The zero-order valence-electron chi connectivity index (χ0n) is 10.6. The first-order chi connectivity index (χ1) is 8.66. The Morgan fingerprint density at radius 3 is 2.72 bits per heavy atom. The first kappa shape index (κ1) is 12.3. The summed E-state index contributed by atoms with van der Waals surface area (Å²) >= 11 is 0. The number of carbonyl (C=O) groups is 1. The topological polar surface area (TPSA) is 42.0 Å². The minimum absolute atomic E-state index is 0.135. The van der Waals surface area contributed by atoms with Crippen LogP contribution >= 0.6 is 0 Å². The molecule has 0 aliphatic rings. The molecule has 0 aliphatic carbocycles. The molecule has 2 rings (SSSR count). The lowest BCUT2D eigenvalue weighted by atomic mass is 10.0. The maximum Gasteiger partial charge on any atom is 0.257 e. The Kier molecular flexibility index (Phi) is 3.72. The van der Waals surface area contributed by atoms with E-state index in [-0.39, 0.29) is 5.91 Å². The van der Waals surface area contributed by atoms with E-state index in [2.05, 4.69) is 30.2 Å². The Balaban J connectivity index is 2.15. The molecule has 0 unspecified atom stereocenters. The first-order valence-electron chi connectivity index (χ1n) is 5.98. The Bertz CT molecular complexity index is 535. The third-order valence-corrected chi connectivity index (χ3v) is 2.73. The van der Waals surface area contributed by atoms with E-state index in [1.54, 1.807) is 24.5 Å². The van der Waals surface area contributed by atoms with Gasteiger partial charge < -0.3 is 5.32 Å². The van der Waals surface area contributed by atoms with Crippen LogP contribution in [-0.2, 0) is 0 Å². The van der Waals surface area contributed by atoms with Gasteiger partial charge in [0.05, 0.1) is 5.56 Å². The van der Waals surface area contributed by atoms with E-state index in [0.717, 1.165) is 5.69 Å². The van der Waals surface area contributed by atoms with Gasteiger partial charge in [0.25, 0.3) is 5.91 Å². The molecular formula is C15H16N2O. The highest BCUT2D eigenvalue weighted by Crippen LogP contribution is 2.18. The molecule has 1 amide bonds. The van der Waals surface area contributed by atoms with E-state index in [0.29, 0.717) is 11.5 Å². The molecule has 0 saturated carbocycles. The van der Waals surface area contributed by atoms with Gasteiger partial charge in [-0.25, -0.2) is 0 Å². The third-order valence-electron chi connectivity index (χ3n) is 2.73. The molecule has 3 nitrogen and oxygen atoms in total. The Labute approximate surface area is 107 Å². The second-order valence-corrected chi connectivity index (χ2v) is 4.48. The quantitative estimate of drug-likeness (QED) is 0.892. The molecule has 1 heterocycles. The molecule has 1 aromatic carbocycles. The summed E-state index contributed by atoms with van der Waals surface area (Å²) in [7, 11) is 0. The number of carbonyl (C=O) groups excluding carboxylic acids is 1. The van der Waals surface area contributed by atoms with Gasteiger partial charge in [-0.05, 0) is 35.7 Å². The monoisotopic (exact) mass is 240 g/mol. The fourth-order valence-electron chi connectivity index (χ4n) is 1.68. The summed E-state index contributed by atoms with van der Waals surface area (Å²) in [6.07, 6.45) is 3.21. The second-order valence-electron chi connectivity index (χ2n) is 4.48. The molecular weight excluding hydrogens is 224 g/mol. The van der Waals surface area contributed by atoms with Gasteiger partial charge in [0.15, 0.2) is 0 Å². The van der Waals surface area contributed by atoms with Crippen LogP contribution in [0.1, 0.15) is 35.7 Å². The molecule has 0 saturated heterocycles. The fraction of sp³-hybridized carbons (Fsp3) is 0.200. The molecule has 0 aliphatic heterocycles. The van der Waals surface area contributed by atoms with E-state index >= 15 is 0 Å². The van der Waals surface area contributed by atoms with Crippen molar-refractivity contribution in [2.75, 3.05) is 5.32 Å². The zero-order chi connectivity index (χ0) is 13.0. The van der Waals surface area contributed by atoms with Crippen molar-refractivity contribution in [3.05, 3.63) is 59.9 Å². The molecule has 1 N–H and O–H groups in total. The van der Waals surface area contributed by atoms with Crippen LogP contribution in [0, 0.1) is 0 Å². The van der Waals surface area contributed by atoms with Crippen molar-refractivity contribution >= 4 is 11.6 Å². The second kappa shape index (κ2) is 5.45. The number of rotatable bonds is 3. The lowest BCUT2D eigenvalue weighted by molar-refractivity contribution is 0.102. The maximum atomic E-state index is 11.9. The molecule has 0 bridgehead atoms. The predicted octanol–water partition coefficient (Wildman–Crippen LogP) is 3.46. The van der Waals surface area contributed by atoms with Crippen LogP contribution < -0.4 is 5.32 Å². The van der Waals surface area contributed by atoms with Gasteiger partial charge in [0, 0.05) is 18.1 Å². The molecule has 0 atom stereocenters. The largest absolute Gasteiger partial charge is 0.322 e. The Hall–Kier alpha value is -2.16. The van der Waals surface area contributed by atoms with Crippen molar-refractivity contribution in [1.29, 1.82) is 0 Å². The summed E-state index contributed by atoms with van der Waals surface area (Å²) in [4.78, 5) is 15.9. The average Bonchev–Trinajstić information content (AvgIpc) is 2.40. The zero-order valence-corrected chi connectivity index (χ0v) is 10.6. The molecule has 18 heavy (non-hydrogen) atoms. The van der Waals surface area contributed by atoms with Crippen molar-refractivity contribution in [3.8, 4) is 0 Å². The Morgan fingerprint density at radius 1 is 1.22 bits per heavy atom. The minimum atomic E-state index is -0.135. The van der Waals surface area contributed by atoms with E-state index < -0.39 is 0 Å². The summed E-state index contributed by atoms with van der Waals surface area (Å²) in [6.45, 7) is 4.25. The van der Waals surface area contributed by atoms with Crippen LogP contribution in [0.4, 0.5) is 5.69 Å². The molecule has 0 radical (unpaired) electrons. The van der Waals surface area contributed by atoms with Gasteiger partial charge in [-0.2, -0.15) is 0 Å². The number of nitrogens with one attached hydrogen (secondary N) is 1. The lowest BCUT2D eigenvalue weighted by Gasteiger charge is -2.09. The summed E-state index contributed by atoms with van der Waals surface area (Å²) in [5.74, 6) is 0.309. The third kappa shape index (κ3) is 2.94. The molecule has 0 fully saturated rings. The average molecular weight is 240 g/mol. The summed E-state index contributed by atoms with van der Waals surface area (Å²) in [6, 6.07) is 11.4. The van der Waals surface area contributed by atoms with Gasteiger partial charge in [0.1, 0.15) is 0 Å².